The van der Waals surface area contributed by atoms with Crippen molar-refractivity contribution in [3.05, 3.63) is 34.1 Å². The van der Waals surface area contributed by atoms with E-state index in [-0.39, 0.29) is 5.69 Å². The van der Waals surface area contributed by atoms with Crippen LogP contribution in [0.1, 0.15) is 5.56 Å². The van der Waals surface area contributed by atoms with Gasteiger partial charge in [-0.2, -0.15) is 4.98 Å². The number of nitro groups is 1. The summed E-state index contributed by atoms with van der Waals surface area (Å²) in [5.74, 6) is 0.365. The number of imidazole rings is 1. The number of nitrogens with zero attached hydrogens (tertiary/aromatic N) is 3. The topological polar surface area (TPSA) is 69.7 Å². The zero-order valence-corrected chi connectivity index (χ0v) is 8.30. The molecule has 0 N–H and O–H groups in total. The summed E-state index contributed by atoms with van der Waals surface area (Å²) in [5.41, 5.74) is 0.901. The number of ether oxygens (including phenoxy) is 1. The highest BCUT2D eigenvalue weighted by molar-refractivity contribution is 5.64. The van der Waals surface area contributed by atoms with Gasteiger partial charge in [0.05, 0.1) is 18.2 Å². The lowest BCUT2D eigenvalue weighted by molar-refractivity contribution is -0.384. The average Bonchev–Trinajstić information content (AvgIpc) is 2.59. The second-order valence-electron chi connectivity index (χ2n) is 3.12. The number of hydrogen-bond donors (Lipinski definition) is 0. The average molecular weight is 207 g/mol. The third kappa shape index (κ3) is 1.39. The standard InChI is InChI=1S/C9H9N3O3/c1-6-3-4-11-5-7(15-2)10-9(11)8(6)12(13)14/h3-5H,1-2H3. The molecule has 0 spiro atoms. The van der Waals surface area contributed by atoms with Gasteiger partial charge in [0.25, 0.3) is 0 Å². The van der Waals surface area contributed by atoms with Gasteiger partial charge in [-0.05, 0) is 13.0 Å². The van der Waals surface area contributed by atoms with E-state index in [0.717, 1.165) is 0 Å². The maximum absolute atomic E-state index is 10.8. The Labute approximate surface area is 85.3 Å². The van der Waals surface area contributed by atoms with Crippen molar-refractivity contribution in [2.24, 2.45) is 0 Å². The summed E-state index contributed by atoms with van der Waals surface area (Å²) in [5, 5.41) is 10.8. The van der Waals surface area contributed by atoms with Gasteiger partial charge in [-0.3, -0.25) is 14.5 Å². The van der Waals surface area contributed by atoms with E-state index in [9.17, 15) is 10.1 Å². The summed E-state index contributed by atoms with van der Waals surface area (Å²) in [6, 6.07) is 1.67. The minimum Gasteiger partial charge on any atom is -0.480 e. The van der Waals surface area contributed by atoms with Gasteiger partial charge in [0.2, 0.25) is 11.5 Å². The third-order valence-electron chi connectivity index (χ3n) is 2.17. The first-order valence-electron chi connectivity index (χ1n) is 4.30. The van der Waals surface area contributed by atoms with E-state index in [1.165, 1.54) is 7.11 Å². The van der Waals surface area contributed by atoms with Gasteiger partial charge in [-0.25, -0.2) is 0 Å². The Morgan fingerprint density at radius 1 is 1.60 bits per heavy atom. The molecule has 2 rings (SSSR count). The number of aromatic nitrogens is 2. The highest BCUT2D eigenvalue weighted by atomic mass is 16.6. The number of aryl methyl sites for hydroxylation is 1. The Bertz CT molecular complexity index is 533. The van der Waals surface area contributed by atoms with Crippen LogP contribution in [-0.2, 0) is 0 Å². The fourth-order valence-electron chi connectivity index (χ4n) is 1.43. The Balaban J connectivity index is 2.80. The van der Waals surface area contributed by atoms with Gasteiger partial charge in [-0.1, -0.05) is 0 Å². The molecule has 2 aromatic rings. The predicted molar refractivity (Wildman–Crippen MR) is 53.1 cm³/mol. The fraction of sp³-hybridized carbons (Fsp3) is 0.222. The minimum absolute atomic E-state index is 0.0146. The Kier molecular flexibility index (Phi) is 2.03. The van der Waals surface area contributed by atoms with Gasteiger partial charge in [0.1, 0.15) is 0 Å². The third-order valence-corrected chi connectivity index (χ3v) is 2.17. The summed E-state index contributed by atoms with van der Waals surface area (Å²) in [4.78, 5) is 14.4. The Morgan fingerprint density at radius 2 is 2.33 bits per heavy atom. The van der Waals surface area contributed by atoms with Crippen molar-refractivity contribution in [2.45, 2.75) is 6.92 Å². The molecule has 0 aliphatic carbocycles. The van der Waals surface area contributed by atoms with Crippen molar-refractivity contribution in [1.82, 2.24) is 9.38 Å². The number of pyridine rings is 1. The molecule has 0 saturated heterocycles. The van der Waals surface area contributed by atoms with Crippen LogP contribution in [-0.4, -0.2) is 21.4 Å². The minimum atomic E-state index is -0.433. The van der Waals surface area contributed by atoms with Gasteiger partial charge in [0.15, 0.2) is 0 Å². The summed E-state index contributed by atoms with van der Waals surface area (Å²) in [6.45, 7) is 1.68. The molecule has 0 aromatic carbocycles. The fourth-order valence-corrected chi connectivity index (χ4v) is 1.43. The highest BCUT2D eigenvalue weighted by Gasteiger charge is 2.18. The Morgan fingerprint density at radius 3 is 2.93 bits per heavy atom. The van der Waals surface area contributed by atoms with Crippen molar-refractivity contribution in [1.29, 1.82) is 0 Å². The van der Waals surface area contributed by atoms with E-state index in [1.54, 1.807) is 29.8 Å². The molecule has 15 heavy (non-hydrogen) atoms. The van der Waals surface area contributed by atoms with Crippen LogP contribution in [0.2, 0.25) is 0 Å². The first kappa shape index (κ1) is 9.45. The molecule has 0 aliphatic rings. The number of hydrogen-bond acceptors (Lipinski definition) is 4. The lowest BCUT2D eigenvalue weighted by Gasteiger charge is -1.97. The molecule has 0 saturated carbocycles. The first-order chi connectivity index (χ1) is 7.13. The van der Waals surface area contributed by atoms with Crippen molar-refractivity contribution in [3.63, 3.8) is 0 Å². The number of rotatable bonds is 2. The summed E-state index contributed by atoms with van der Waals surface area (Å²) >= 11 is 0. The molecule has 0 fully saturated rings. The molecule has 0 aliphatic heterocycles. The van der Waals surface area contributed by atoms with E-state index in [1.807, 2.05) is 0 Å². The van der Waals surface area contributed by atoms with Gasteiger partial charge in [-0.15, -0.1) is 0 Å². The molecule has 0 bridgehead atoms. The SMILES string of the molecule is COc1cn2ccc(C)c([N+](=O)[O-])c2n1. The second-order valence-corrected chi connectivity index (χ2v) is 3.12. The van der Waals surface area contributed by atoms with Gasteiger partial charge < -0.3 is 4.74 Å². The number of methoxy groups -OCH3 is 1. The molecule has 0 amide bonds. The van der Waals surface area contributed by atoms with E-state index in [2.05, 4.69) is 4.98 Å². The van der Waals surface area contributed by atoms with Crippen LogP contribution in [0.25, 0.3) is 5.65 Å². The van der Waals surface area contributed by atoms with E-state index < -0.39 is 4.92 Å². The zero-order valence-electron chi connectivity index (χ0n) is 8.30. The van der Waals surface area contributed by atoms with Crippen molar-refractivity contribution in [3.8, 4) is 5.88 Å². The van der Waals surface area contributed by atoms with Crippen molar-refractivity contribution in [2.75, 3.05) is 7.11 Å². The van der Waals surface area contributed by atoms with E-state index in [4.69, 9.17) is 4.74 Å². The van der Waals surface area contributed by atoms with Gasteiger partial charge >= 0.3 is 5.69 Å². The summed E-state index contributed by atoms with van der Waals surface area (Å²) in [6.07, 6.45) is 3.31. The molecular weight excluding hydrogens is 198 g/mol. The van der Waals surface area contributed by atoms with Crippen molar-refractivity contribution >= 4 is 11.3 Å². The molecular formula is C9H9N3O3. The molecule has 2 heterocycles. The molecule has 0 unspecified atom stereocenters. The van der Waals surface area contributed by atoms with E-state index in [0.29, 0.717) is 17.1 Å². The summed E-state index contributed by atoms with van der Waals surface area (Å²) < 4.78 is 6.49. The lowest BCUT2D eigenvalue weighted by Crippen LogP contribution is -1.96. The summed E-state index contributed by atoms with van der Waals surface area (Å²) in [7, 11) is 1.47. The largest absolute Gasteiger partial charge is 0.480 e. The maximum atomic E-state index is 10.8. The van der Waals surface area contributed by atoms with E-state index >= 15 is 0 Å². The second kappa shape index (κ2) is 3.23. The molecule has 2 aromatic heterocycles. The highest BCUT2D eigenvalue weighted by Crippen LogP contribution is 2.25. The van der Waals surface area contributed by atoms with Crippen LogP contribution in [0.5, 0.6) is 5.88 Å². The number of fused-ring (bicyclic) bond motifs is 1. The molecule has 6 nitrogen and oxygen atoms in total. The predicted octanol–water partition coefficient (Wildman–Crippen LogP) is 1.56. The molecule has 78 valence electrons. The van der Waals surface area contributed by atoms with Gasteiger partial charge in [0, 0.05) is 11.8 Å². The zero-order chi connectivity index (χ0) is 11.0. The van der Waals surface area contributed by atoms with Crippen LogP contribution >= 0.6 is 0 Å². The van der Waals surface area contributed by atoms with Crippen LogP contribution in [0.3, 0.4) is 0 Å². The van der Waals surface area contributed by atoms with Crippen molar-refractivity contribution < 1.29 is 9.66 Å². The van der Waals surface area contributed by atoms with Crippen LogP contribution in [0, 0.1) is 17.0 Å². The van der Waals surface area contributed by atoms with Crippen LogP contribution in [0.15, 0.2) is 18.5 Å². The quantitative estimate of drug-likeness (QED) is 0.553. The lowest BCUT2D eigenvalue weighted by atomic mass is 10.2. The Hall–Kier alpha value is -2.11. The van der Waals surface area contributed by atoms with Crippen LogP contribution in [0.4, 0.5) is 5.69 Å². The van der Waals surface area contributed by atoms with Crippen LogP contribution < -0.4 is 4.74 Å². The normalized spacial score (nSPS) is 10.5. The molecule has 0 atom stereocenters. The molecule has 0 radical (unpaired) electrons. The maximum Gasteiger partial charge on any atom is 0.315 e. The smallest absolute Gasteiger partial charge is 0.315 e. The molecule has 6 heteroatoms. The first-order valence-corrected chi connectivity index (χ1v) is 4.30. The monoisotopic (exact) mass is 207 g/mol.